The fourth-order valence-corrected chi connectivity index (χ4v) is 2.57. The molecule has 0 heterocycles. The van der Waals surface area contributed by atoms with E-state index in [4.69, 9.17) is 9.47 Å². The Labute approximate surface area is 170 Å². The zero-order valence-corrected chi connectivity index (χ0v) is 17.9. The summed E-state index contributed by atoms with van der Waals surface area (Å²) in [4.78, 5) is 0. The number of aliphatic hydroxyl groups is 1. The Kier molecular flexibility index (Phi) is 12.0. The van der Waals surface area contributed by atoms with Gasteiger partial charge in [0, 0.05) is 32.8 Å². The summed E-state index contributed by atoms with van der Waals surface area (Å²) >= 11 is 0. The van der Waals surface area contributed by atoms with Gasteiger partial charge in [-0.25, -0.2) is 0 Å². The molecule has 158 valence electrons. The second-order valence-electron chi connectivity index (χ2n) is 6.67. The molecule has 28 heavy (non-hydrogen) atoms. The van der Waals surface area contributed by atoms with Crippen molar-refractivity contribution in [3.63, 3.8) is 0 Å². The van der Waals surface area contributed by atoms with Crippen LogP contribution in [0.25, 0.3) is 0 Å². The van der Waals surface area contributed by atoms with E-state index < -0.39 is 6.23 Å². The maximum atomic E-state index is 10.0. The largest absolute Gasteiger partial charge is 0.465 e. The van der Waals surface area contributed by atoms with Crippen LogP contribution in [0.3, 0.4) is 0 Å². The highest BCUT2D eigenvalue weighted by atomic mass is 16.7. The third-order valence-electron chi connectivity index (χ3n) is 4.47. The van der Waals surface area contributed by atoms with Gasteiger partial charge in [-0.2, -0.15) is 0 Å². The minimum Gasteiger partial charge on any atom is -0.465 e. The maximum Gasteiger partial charge on any atom is 0.197 e. The first-order valence-electron chi connectivity index (χ1n) is 10.0. The molecule has 0 spiro atoms. The first kappa shape index (κ1) is 24.0. The fraction of sp³-hybridized carbons (Fsp3) is 0.545. The van der Waals surface area contributed by atoms with E-state index in [1.165, 1.54) is 5.56 Å². The lowest BCUT2D eigenvalue weighted by Gasteiger charge is -2.17. The van der Waals surface area contributed by atoms with Gasteiger partial charge in [-0.05, 0) is 49.2 Å². The van der Waals surface area contributed by atoms with Crippen molar-refractivity contribution < 1.29 is 14.6 Å². The van der Waals surface area contributed by atoms with Crippen LogP contribution in [0.4, 0.5) is 0 Å². The summed E-state index contributed by atoms with van der Waals surface area (Å²) in [5.74, 6) is 1.35. The van der Waals surface area contributed by atoms with Gasteiger partial charge in [0.15, 0.2) is 6.29 Å². The molecule has 0 aliphatic rings. The molecule has 0 aromatic heterocycles. The monoisotopic (exact) mass is 391 g/mol. The number of rotatable bonds is 14. The van der Waals surface area contributed by atoms with Crippen LogP contribution in [0.5, 0.6) is 5.75 Å². The molecule has 0 bridgehead atoms. The number of allylic oxidation sites excluding steroid dienone is 1. The first-order valence-corrected chi connectivity index (χ1v) is 10.0. The molecule has 0 saturated carbocycles. The molecule has 0 fully saturated rings. The zero-order valence-electron chi connectivity index (χ0n) is 17.9. The highest BCUT2D eigenvalue weighted by Gasteiger charge is 2.07. The smallest absolute Gasteiger partial charge is 0.197 e. The topological polar surface area (TPSA) is 74.8 Å². The lowest BCUT2D eigenvalue weighted by molar-refractivity contribution is -0.0666. The quantitative estimate of drug-likeness (QED) is 0.288. The molecular formula is C22H37N3O3. The molecule has 1 aromatic carbocycles. The Bertz CT molecular complexity index is 587. The second-order valence-corrected chi connectivity index (χ2v) is 6.67. The van der Waals surface area contributed by atoms with Crippen molar-refractivity contribution in [3.8, 4) is 5.75 Å². The second kappa shape index (κ2) is 14.0. The lowest BCUT2D eigenvalue weighted by atomic mass is 9.99. The maximum absolute atomic E-state index is 10.0. The SMILES string of the molecule is CCC(C)c1ccc(OC(C)OCCNC(O)/C=C(\C/C=C/NC)NC)cc1. The van der Waals surface area contributed by atoms with Crippen LogP contribution in [0.1, 0.15) is 45.1 Å². The van der Waals surface area contributed by atoms with Gasteiger partial charge in [-0.15, -0.1) is 0 Å². The molecule has 0 saturated heterocycles. The van der Waals surface area contributed by atoms with E-state index in [-0.39, 0.29) is 6.29 Å². The van der Waals surface area contributed by atoms with E-state index in [1.807, 2.05) is 45.4 Å². The molecule has 1 aromatic rings. The van der Waals surface area contributed by atoms with Gasteiger partial charge in [0.2, 0.25) is 0 Å². The fourth-order valence-electron chi connectivity index (χ4n) is 2.57. The van der Waals surface area contributed by atoms with Gasteiger partial charge in [0.05, 0.1) is 6.61 Å². The highest BCUT2D eigenvalue weighted by molar-refractivity contribution is 5.29. The summed E-state index contributed by atoms with van der Waals surface area (Å²) in [6, 6.07) is 8.17. The van der Waals surface area contributed by atoms with Crippen molar-refractivity contribution in [2.75, 3.05) is 27.2 Å². The predicted octanol–water partition coefficient (Wildman–Crippen LogP) is 3.08. The normalized spacial score (nSPS) is 15.3. The van der Waals surface area contributed by atoms with Crippen LogP contribution >= 0.6 is 0 Å². The summed E-state index contributed by atoms with van der Waals surface area (Å²) < 4.78 is 11.4. The predicted molar refractivity (Wildman–Crippen MR) is 115 cm³/mol. The van der Waals surface area contributed by atoms with Crippen molar-refractivity contribution in [3.05, 3.63) is 53.9 Å². The molecule has 0 amide bonds. The van der Waals surface area contributed by atoms with E-state index in [0.717, 1.165) is 17.9 Å². The zero-order chi connectivity index (χ0) is 20.8. The van der Waals surface area contributed by atoms with Crippen molar-refractivity contribution >= 4 is 0 Å². The summed E-state index contributed by atoms with van der Waals surface area (Å²) in [5.41, 5.74) is 2.25. The van der Waals surface area contributed by atoms with Crippen LogP contribution in [-0.2, 0) is 4.74 Å². The molecule has 3 atom stereocenters. The van der Waals surface area contributed by atoms with Gasteiger partial charge in [-0.3, -0.25) is 5.32 Å². The third kappa shape index (κ3) is 9.78. The standard InChI is InChI=1S/C22H37N3O3/c1-6-17(2)19-9-11-21(12-10-19)28-18(3)27-15-14-25-22(26)16-20(24-5)8-7-13-23-4/h7,9-13,16-18,22-26H,6,8,14-15H2,1-5H3/b13-7+,20-16+. The van der Waals surface area contributed by atoms with Crippen molar-refractivity contribution in [2.24, 2.45) is 0 Å². The third-order valence-corrected chi connectivity index (χ3v) is 4.47. The number of hydrogen-bond acceptors (Lipinski definition) is 6. The summed E-state index contributed by atoms with van der Waals surface area (Å²) in [6.45, 7) is 7.22. The number of aliphatic hydroxyl groups excluding tert-OH is 1. The molecule has 0 aliphatic carbocycles. The Hall–Kier alpha value is -2.02. The Balaban J connectivity index is 2.30. The van der Waals surface area contributed by atoms with Crippen molar-refractivity contribution in [2.45, 2.75) is 52.0 Å². The summed E-state index contributed by atoms with van der Waals surface area (Å²) in [6.07, 6.45) is 6.33. The number of ether oxygens (including phenoxy) is 2. The van der Waals surface area contributed by atoms with Crippen molar-refractivity contribution in [1.82, 2.24) is 16.0 Å². The van der Waals surface area contributed by atoms with Gasteiger partial charge in [0.1, 0.15) is 12.0 Å². The molecular weight excluding hydrogens is 354 g/mol. The average Bonchev–Trinajstić information content (AvgIpc) is 2.70. The number of hydrogen-bond donors (Lipinski definition) is 4. The van der Waals surface area contributed by atoms with E-state index in [2.05, 4.69) is 41.9 Å². The van der Waals surface area contributed by atoms with Gasteiger partial charge in [0.25, 0.3) is 0 Å². The molecule has 3 unspecified atom stereocenters. The molecule has 0 radical (unpaired) electrons. The minimum absolute atomic E-state index is 0.358. The molecule has 4 N–H and O–H groups in total. The van der Waals surface area contributed by atoms with Crippen LogP contribution in [0, 0.1) is 0 Å². The van der Waals surface area contributed by atoms with Crippen molar-refractivity contribution in [1.29, 1.82) is 0 Å². The first-order chi connectivity index (χ1) is 13.5. The van der Waals surface area contributed by atoms with Crippen LogP contribution in [0.2, 0.25) is 0 Å². The number of benzene rings is 1. The number of nitrogens with one attached hydrogen (secondary N) is 3. The van der Waals surface area contributed by atoms with Crippen LogP contribution < -0.4 is 20.7 Å². The highest BCUT2D eigenvalue weighted by Crippen LogP contribution is 2.22. The Morgan fingerprint density at radius 1 is 1.18 bits per heavy atom. The van der Waals surface area contributed by atoms with Crippen LogP contribution in [-0.4, -0.2) is 44.9 Å². The minimum atomic E-state index is -0.738. The lowest BCUT2D eigenvalue weighted by Crippen LogP contribution is -2.32. The molecule has 6 heteroatoms. The van der Waals surface area contributed by atoms with E-state index in [9.17, 15) is 5.11 Å². The van der Waals surface area contributed by atoms with E-state index in [0.29, 0.717) is 25.5 Å². The van der Waals surface area contributed by atoms with E-state index >= 15 is 0 Å². The Morgan fingerprint density at radius 3 is 2.50 bits per heavy atom. The molecule has 1 rings (SSSR count). The molecule has 0 aliphatic heterocycles. The van der Waals surface area contributed by atoms with Gasteiger partial charge >= 0.3 is 0 Å². The molecule has 6 nitrogen and oxygen atoms in total. The van der Waals surface area contributed by atoms with Gasteiger partial charge < -0.3 is 25.2 Å². The Morgan fingerprint density at radius 2 is 1.89 bits per heavy atom. The van der Waals surface area contributed by atoms with Crippen LogP contribution in [0.15, 0.2) is 48.3 Å². The van der Waals surface area contributed by atoms with E-state index in [1.54, 1.807) is 6.08 Å². The summed E-state index contributed by atoms with van der Waals surface area (Å²) in [5, 5.41) is 19.1. The summed E-state index contributed by atoms with van der Waals surface area (Å²) in [7, 11) is 3.69. The van der Waals surface area contributed by atoms with Gasteiger partial charge in [-0.1, -0.05) is 32.1 Å². The average molecular weight is 392 g/mol.